The number of aromatic nitrogens is 1. The fraction of sp³-hybridized carbons (Fsp3) is 0.389. The summed E-state index contributed by atoms with van der Waals surface area (Å²) in [7, 11) is 0. The number of nitrogen functional groups attached to an aromatic ring is 1. The van der Waals surface area contributed by atoms with Crippen LogP contribution in [0.4, 0.5) is 5.69 Å². The van der Waals surface area contributed by atoms with Crippen LogP contribution in [0.5, 0.6) is 0 Å². The summed E-state index contributed by atoms with van der Waals surface area (Å²) in [5.41, 5.74) is 12.9. The Kier molecular flexibility index (Phi) is 4.97. The summed E-state index contributed by atoms with van der Waals surface area (Å²) in [5, 5.41) is 0. The summed E-state index contributed by atoms with van der Waals surface area (Å²) in [6, 6.07) is 8.54. The van der Waals surface area contributed by atoms with Gasteiger partial charge in [0.25, 0.3) is 0 Å². The second-order valence-corrected chi connectivity index (χ2v) is 5.66. The van der Waals surface area contributed by atoms with Crippen molar-refractivity contribution in [3.05, 3.63) is 58.4 Å². The molecule has 0 unspecified atom stereocenters. The lowest BCUT2D eigenvalue weighted by Gasteiger charge is -2.22. The number of anilines is 1. The number of rotatable bonds is 5. The van der Waals surface area contributed by atoms with E-state index in [4.69, 9.17) is 5.73 Å². The first-order valence-electron chi connectivity index (χ1n) is 7.50. The molecule has 1 heterocycles. The van der Waals surface area contributed by atoms with E-state index < -0.39 is 0 Å². The molecule has 0 spiro atoms. The van der Waals surface area contributed by atoms with Crippen LogP contribution in [0.3, 0.4) is 0 Å². The highest BCUT2D eigenvalue weighted by molar-refractivity contribution is 5.53. The number of pyridine rings is 1. The van der Waals surface area contributed by atoms with Crippen molar-refractivity contribution in [3.63, 3.8) is 0 Å². The van der Waals surface area contributed by atoms with Gasteiger partial charge in [-0.1, -0.05) is 31.2 Å². The second kappa shape index (κ2) is 6.72. The van der Waals surface area contributed by atoms with Gasteiger partial charge in [-0.25, -0.2) is 0 Å². The molecular formula is C18H25N3. The fourth-order valence-corrected chi connectivity index (χ4v) is 2.47. The molecule has 2 rings (SSSR count). The predicted molar refractivity (Wildman–Crippen MR) is 89.1 cm³/mol. The van der Waals surface area contributed by atoms with Crippen LogP contribution < -0.4 is 5.73 Å². The van der Waals surface area contributed by atoms with Crippen LogP contribution in [0.15, 0.2) is 30.5 Å². The highest BCUT2D eigenvalue weighted by Gasteiger charge is 2.11. The maximum absolute atomic E-state index is 6.12. The standard InChI is InChI=1S/C18H25N3/c1-5-21(11-16-9-7-6-8-13(16)2)12-17-15(4)18(19)14(3)10-20-17/h6-10H,5,11-12H2,1-4H3,(H2,19,20). The molecule has 1 aromatic heterocycles. The van der Waals surface area contributed by atoms with Gasteiger partial charge in [0.2, 0.25) is 0 Å². The number of benzene rings is 1. The average Bonchev–Trinajstić information content (AvgIpc) is 2.49. The first-order valence-corrected chi connectivity index (χ1v) is 7.50. The zero-order valence-electron chi connectivity index (χ0n) is 13.5. The van der Waals surface area contributed by atoms with Gasteiger partial charge in [0.05, 0.1) is 5.69 Å². The molecule has 2 aromatic rings. The summed E-state index contributed by atoms with van der Waals surface area (Å²) in [4.78, 5) is 6.96. The maximum atomic E-state index is 6.12. The fourth-order valence-electron chi connectivity index (χ4n) is 2.47. The lowest BCUT2D eigenvalue weighted by molar-refractivity contribution is 0.267. The number of nitrogens with two attached hydrogens (primary N) is 1. The summed E-state index contributed by atoms with van der Waals surface area (Å²) in [6.07, 6.45) is 1.87. The van der Waals surface area contributed by atoms with Crippen molar-refractivity contribution in [1.29, 1.82) is 0 Å². The molecule has 0 aliphatic rings. The van der Waals surface area contributed by atoms with Gasteiger partial charge in [-0.2, -0.15) is 0 Å². The molecule has 0 amide bonds. The zero-order chi connectivity index (χ0) is 15.4. The molecule has 0 aliphatic carbocycles. The van der Waals surface area contributed by atoms with Crippen LogP contribution in [-0.2, 0) is 13.1 Å². The van der Waals surface area contributed by atoms with E-state index >= 15 is 0 Å². The largest absolute Gasteiger partial charge is 0.398 e. The first-order chi connectivity index (χ1) is 10.0. The van der Waals surface area contributed by atoms with Crippen molar-refractivity contribution in [2.75, 3.05) is 12.3 Å². The van der Waals surface area contributed by atoms with E-state index in [-0.39, 0.29) is 0 Å². The molecule has 112 valence electrons. The van der Waals surface area contributed by atoms with Crippen molar-refractivity contribution >= 4 is 5.69 Å². The molecule has 0 fully saturated rings. The summed E-state index contributed by atoms with van der Waals surface area (Å²) in [5.74, 6) is 0. The highest BCUT2D eigenvalue weighted by atomic mass is 15.1. The van der Waals surface area contributed by atoms with E-state index in [9.17, 15) is 0 Å². The molecule has 1 aromatic carbocycles. The van der Waals surface area contributed by atoms with E-state index in [1.165, 1.54) is 11.1 Å². The average molecular weight is 283 g/mol. The Morgan fingerprint density at radius 1 is 1.05 bits per heavy atom. The topological polar surface area (TPSA) is 42.2 Å². The third-order valence-electron chi connectivity index (χ3n) is 4.15. The van der Waals surface area contributed by atoms with Crippen LogP contribution >= 0.6 is 0 Å². The summed E-state index contributed by atoms with van der Waals surface area (Å²) >= 11 is 0. The number of hydrogen-bond donors (Lipinski definition) is 1. The Balaban J connectivity index is 2.17. The van der Waals surface area contributed by atoms with Crippen LogP contribution in [0.1, 0.15) is 34.9 Å². The summed E-state index contributed by atoms with van der Waals surface area (Å²) in [6.45, 7) is 11.2. The maximum Gasteiger partial charge on any atom is 0.0593 e. The van der Waals surface area contributed by atoms with E-state index in [1.807, 2.05) is 13.1 Å². The highest BCUT2D eigenvalue weighted by Crippen LogP contribution is 2.20. The quantitative estimate of drug-likeness (QED) is 0.911. The van der Waals surface area contributed by atoms with Crippen LogP contribution in [0.25, 0.3) is 0 Å². The van der Waals surface area contributed by atoms with E-state index in [2.05, 4.69) is 54.9 Å². The lowest BCUT2D eigenvalue weighted by atomic mass is 10.1. The van der Waals surface area contributed by atoms with Gasteiger partial charge in [-0.15, -0.1) is 0 Å². The van der Waals surface area contributed by atoms with Crippen molar-refractivity contribution in [2.45, 2.75) is 40.8 Å². The first kappa shape index (κ1) is 15.5. The minimum Gasteiger partial charge on any atom is -0.398 e. The second-order valence-electron chi connectivity index (χ2n) is 5.66. The molecule has 2 N–H and O–H groups in total. The number of nitrogens with zero attached hydrogens (tertiary/aromatic N) is 2. The Morgan fingerprint density at radius 2 is 1.76 bits per heavy atom. The van der Waals surface area contributed by atoms with Gasteiger partial charge < -0.3 is 5.73 Å². The van der Waals surface area contributed by atoms with Gasteiger partial charge in [-0.3, -0.25) is 9.88 Å². The van der Waals surface area contributed by atoms with Gasteiger partial charge in [-0.05, 0) is 49.6 Å². The normalized spacial score (nSPS) is 11.1. The van der Waals surface area contributed by atoms with Crippen LogP contribution in [-0.4, -0.2) is 16.4 Å². The van der Waals surface area contributed by atoms with Crippen molar-refractivity contribution in [3.8, 4) is 0 Å². The Hall–Kier alpha value is -1.87. The van der Waals surface area contributed by atoms with E-state index in [0.717, 1.165) is 42.1 Å². The summed E-state index contributed by atoms with van der Waals surface area (Å²) < 4.78 is 0. The Labute approximate surface area is 127 Å². The van der Waals surface area contributed by atoms with E-state index in [0.29, 0.717) is 0 Å². The van der Waals surface area contributed by atoms with Gasteiger partial charge in [0, 0.05) is 25.0 Å². The third kappa shape index (κ3) is 3.61. The smallest absolute Gasteiger partial charge is 0.0593 e. The van der Waals surface area contributed by atoms with Gasteiger partial charge >= 0.3 is 0 Å². The number of aryl methyl sites for hydroxylation is 2. The minimum absolute atomic E-state index is 0.834. The van der Waals surface area contributed by atoms with Crippen LogP contribution in [0, 0.1) is 20.8 Å². The third-order valence-corrected chi connectivity index (χ3v) is 4.15. The predicted octanol–water partition coefficient (Wildman–Crippen LogP) is 3.61. The molecular weight excluding hydrogens is 258 g/mol. The molecule has 0 bridgehead atoms. The molecule has 0 radical (unpaired) electrons. The molecule has 3 nitrogen and oxygen atoms in total. The molecule has 0 aliphatic heterocycles. The molecule has 0 saturated carbocycles. The zero-order valence-corrected chi connectivity index (χ0v) is 13.5. The number of hydrogen-bond acceptors (Lipinski definition) is 3. The Morgan fingerprint density at radius 3 is 2.43 bits per heavy atom. The van der Waals surface area contributed by atoms with Gasteiger partial charge in [0.1, 0.15) is 0 Å². The molecule has 0 saturated heterocycles. The monoisotopic (exact) mass is 283 g/mol. The lowest BCUT2D eigenvalue weighted by Crippen LogP contribution is -2.24. The molecule has 21 heavy (non-hydrogen) atoms. The van der Waals surface area contributed by atoms with Gasteiger partial charge in [0.15, 0.2) is 0 Å². The SMILES string of the molecule is CCN(Cc1ccccc1C)Cc1ncc(C)c(N)c1C. The minimum atomic E-state index is 0.834. The Bertz CT molecular complexity index is 620. The molecule has 3 heteroatoms. The van der Waals surface area contributed by atoms with Crippen molar-refractivity contribution in [2.24, 2.45) is 0 Å². The van der Waals surface area contributed by atoms with Crippen molar-refractivity contribution in [1.82, 2.24) is 9.88 Å². The van der Waals surface area contributed by atoms with Crippen molar-refractivity contribution < 1.29 is 0 Å². The molecule has 0 atom stereocenters. The van der Waals surface area contributed by atoms with Crippen LogP contribution in [0.2, 0.25) is 0 Å². The van der Waals surface area contributed by atoms with E-state index in [1.54, 1.807) is 0 Å².